The Morgan fingerprint density at radius 3 is 2.57 bits per heavy atom. The van der Waals surface area contributed by atoms with Gasteiger partial charge in [-0.2, -0.15) is 13.2 Å². The summed E-state index contributed by atoms with van der Waals surface area (Å²) in [5.41, 5.74) is 5.66. The predicted octanol–water partition coefficient (Wildman–Crippen LogP) is 0.502. The lowest BCUT2D eigenvalue weighted by Gasteiger charge is -2.14. The van der Waals surface area contributed by atoms with Crippen molar-refractivity contribution in [3.8, 4) is 0 Å². The number of halogens is 3. The fourth-order valence-electron chi connectivity index (χ4n) is 1.34. The molecule has 0 aromatic carbocycles. The van der Waals surface area contributed by atoms with Gasteiger partial charge in [0, 0.05) is 25.0 Å². The molecule has 0 saturated carbocycles. The summed E-state index contributed by atoms with van der Waals surface area (Å²) >= 11 is 0. The molecule has 0 aliphatic carbocycles. The van der Waals surface area contributed by atoms with E-state index in [0.717, 1.165) is 0 Å². The van der Waals surface area contributed by atoms with Gasteiger partial charge in [-0.25, -0.2) is 0 Å². The lowest BCUT2D eigenvalue weighted by molar-refractivity contribution is -0.133. The number of hydrogen-bond donors (Lipinski definition) is 2. The zero-order valence-electron chi connectivity index (χ0n) is 7.81. The molecule has 84 valence electrons. The first-order valence-corrected chi connectivity index (χ1v) is 4.60. The van der Waals surface area contributed by atoms with Gasteiger partial charge in [-0.1, -0.05) is 0 Å². The minimum atomic E-state index is -4.08. The number of nitrogens with one attached hydrogen (secondary N) is 1. The van der Waals surface area contributed by atoms with Gasteiger partial charge >= 0.3 is 6.18 Å². The van der Waals surface area contributed by atoms with Crippen LogP contribution in [0, 0.1) is 5.92 Å². The van der Waals surface area contributed by atoms with E-state index >= 15 is 0 Å². The standard InChI is InChI=1S/C8H15F3N2O/c9-8(10,11)1-2-13-3-6-4-14-5-7(6)12/h6-7,13H,1-5,12H2. The second-order valence-corrected chi connectivity index (χ2v) is 3.53. The predicted molar refractivity (Wildman–Crippen MR) is 45.8 cm³/mol. The second kappa shape index (κ2) is 4.95. The minimum absolute atomic E-state index is 0.0478. The van der Waals surface area contributed by atoms with Crippen molar-refractivity contribution < 1.29 is 17.9 Å². The molecule has 14 heavy (non-hydrogen) atoms. The van der Waals surface area contributed by atoms with Gasteiger partial charge in [-0.3, -0.25) is 0 Å². The Hall–Kier alpha value is -0.330. The molecule has 2 atom stereocenters. The molecule has 1 fully saturated rings. The maximum Gasteiger partial charge on any atom is 0.390 e. The van der Waals surface area contributed by atoms with Crippen molar-refractivity contribution in [2.75, 3.05) is 26.3 Å². The summed E-state index contributed by atoms with van der Waals surface area (Å²) < 4.78 is 40.3. The van der Waals surface area contributed by atoms with Crippen LogP contribution < -0.4 is 11.1 Å². The van der Waals surface area contributed by atoms with Crippen molar-refractivity contribution in [1.29, 1.82) is 0 Å². The molecule has 0 bridgehead atoms. The van der Waals surface area contributed by atoms with Gasteiger partial charge in [-0.15, -0.1) is 0 Å². The number of hydrogen-bond acceptors (Lipinski definition) is 3. The topological polar surface area (TPSA) is 47.3 Å². The van der Waals surface area contributed by atoms with Crippen LogP contribution >= 0.6 is 0 Å². The van der Waals surface area contributed by atoms with Gasteiger partial charge in [-0.05, 0) is 0 Å². The Morgan fingerprint density at radius 2 is 2.07 bits per heavy atom. The van der Waals surface area contributed by atoms with E-state index in [0.29, 0.717) is 19.8 Å². The van der Waals surface area contributed by atoms with E-state index in [9.17, 15) is 13.2 Å². The van der Waals surface area contributed by atoms with Crippen molar-refractivity contribution in [2.24, 2.45) is 11.7 Å². The van der Waals surface area contributed by atoms with Crippen molar-refractivity contribution in [3.05, 3.63) is 0 Å². The van der Waals surface area contributed by atoms with Gasteiger partial charge in [0.1, 0.15) is 0 Å². The third-order valence-electron chi connectivity index (χ3n) is 2.24. The third-order valence-corrected chi connectivity index (χ3v) is 2.24. The molecular formula is C8H15F3N2O. The minimum Gasteiger partial charge on any atom is -0.379 e. The molecule has 1 heterocycles. The first-order valence-electron chi connectivity index (χ1n) is 4.60. The molecule has 1 aliphatic rings. The Kier molecular flexibility index (Phi) is 4.15. The molecule has 0 spiro atoms. The van der Waals surface area contributed by atoms with E-state index in [-0.39, 0.29) is 18.5 Å². The molecule has 0 aromatic rings. The fraction of sp³-hybridized carbons (Fsp3) is 1.00. The van der Waals surface area contributed by atoms with E-state index < -0.39 is 12.6 Å². The molecule has 3 N–H and O–H groups in total. The van der Waals surface area contributed by atoms with Gasteiger partial charge in [0.25, 0.3) is 0 Å². The lowest BCUT2D eigenvalue weighted by Crippen LogP contribution is -2.36. The Morgan fingerprint density at radius 1 is 1.36 bits per heavy atom. The highest BCUT2D eigenvalue weighted by atomic mass is 19.4. The quantitative estimate of drug-likeness (QED) is 0.667. The van der Waals surface area contributed by atoms with Crippen LogP contribution in [-0.4, -0.2) is 38.5 Å². The van der Waals surface area contributed by atoms with Gasteiger partial charge in [0.15, 0.2) is 0 Å². The Labute approximate surface area is 80.8 Å². The van der Waals surface area contributed by atoms with E-state index in [4.69, 9.17) is 10.5 Å². The third kappa shape index (κ3) is 4.26. The van der Waals surface area contributed by atoms with Crippen LogP contribution in [0.2, 0.25) is 0 Å². The van der Waals surface area contributed by atoms with Crippen molar-refractivity contribution in [1.82, 2.24) is 5.32 Å². The van der Waals surface area contributed by atoms with Gasteiger partial charge in [0.2, 0.25) is 0 Å². The molecule has 1 aliphatic heterocycles. The number of ether oxygens (including phenoxy) is 1. The fourth-order valence-corrected chi connectivity index (χ4v) is 1.34. The van der Waals surface area contributed by atoms with E-state index in [2.05, 4.69) is 5.32 Å². The average Bonchev–Trinajstić information content (AvgIpc) is 2.44. The summed E-state index contributed by atoms with van der Waals surface area (Å²) in [5, 5.41) is 2.73. The summed E-state index contributed by atoms with van der Waals surface area (Å²) in [6.45, 7) is 1.50. The van der Waals surface area contributed by atoms with Crippen molar-refractivity contribution in [2.45, 2.75) is 18.6 Å². The Bertz CT molecular complexity index is 174. The molecule has 2 unspecified atom stereocenters. The second-order valence-electron chi connectivity index (χ2n) is 3.53. The van der Waals surface area contributed by atoms with E-state index in [1.165, 1.54) is 0 Å². The first kappa shape index (κ1) is 11.7. The maximum atomic E-state index is 11.7. The maximum absolute atomic E-state index is 11.7. The van der Waals surface area contributed by atoms with Crippen LogP contribution in [0.1, 0.15) is 6.42 Å². The van der Waals surface area contributed by atoms with E-state index in [1.807, 2.05) is 0 Å². The normalized spacial score (nSPS) is 28.3. The first-order chi connectivity index (χ1) is 6.49. The number of rotatable bonds is 4. The summed E-state index contributed by atoms with van der Waals surface area (Å²) in [4.78, 5) is 0. The number of alkyl halides is 3. The molecule has 0 aromatic heterocycles. The highest BCUT2D eigenvalue weighted by Gasteiger charge is 2.27. The summed E-state index contributed by atoms with van der Waals surface area (Å²) in [6.07, 6.45) is -4.88. The summed E-state index contributed by atoms with van der Waals surface area (Å²) in [6, 6.07) is -0.0478. The molecule has 0 radical (unpaired) electrons. The largest absolute Gasteiger partial charge is 0.390 e. The monoisotopic (exact) mass is 212 g/mol. The Balaban J connectivity index is 2.04. The van der Waals surface area contributed by atoms with Crippen LogP contribution in [0.25, 0.3) is 0 Å². The smallest absolute Gasteiger partial charge is 0.379 e. The van der Waals surface area contributed by atoms with Crippen LogP contribution in [0.4, 0.5) is 13.2 Å². The van der Waals surface area contributed by atoms with Crippen molar-refractivity contribution >= 4 is 0 Å². The van der Waals surface area contributed by atoms with Crippen LogP contribution in [0.3, 0.4) is 0 Å². The zero-order valence-corrected chi connectivity index (χ0v) is 7.81. The highest BCUT2D eigenvalue weighted by Crippen LogP contribution is 2.18. The molecule has 3 nitrogen and oxygen atoms in total. The summed E-state index contributed by atoms with van der Waals surface area (Å²) in [5.74, 6) is 0.142. The van der Waals surface area contributed by atoms with Crippen LogP contribution in [0.5, 0.6) is 0 Å². The van der Waals surface area contributed by atoms with Crippen LogP contribution in [-0.2, 0) is 4.74 Å². The van der Waals surface area contributed by atoms with Crippen LogP contribution in [0.15, 0.2) is 0 Å². The lowest BCUT2D eigenvalue weighted by atomic mass is 10.1. The molecular weight excluding hydrogens is 197 g/mol. The zero-order chi connectivity index (χ0) is 10.6. The molecule has 0 amide bonds. The number of nitrogens with two attached hydrogens (primary N) is 1. The highest BCUT2D eigenvalue weighted by molar-refractivity contribution is 4.79. The molecule has 1 rings (SSSR count). The summed E-state index contributed by atoms with van der Waals surface area (Å²) in [7, 11) is 0. The van der Waals surface area contributed by atoms with Gasteiger partial charge < -0.3 is 15.8 Å². The molecule has 1 saturated heterocycles. The SMILES string of the molecule is NC1COCC1CNCCC(F)(F)F. The van der Waals surface area contributed by atoms with Gasteiger partial charge in [0.05, 0.1) is 19.6 Å². The van der Waals surface area contributed by atoms with E-state index in [1.54, 1.807) is 0 Å². The molecule has 6 heteroatoms. The average molecular weight is 212 g/mol. The van der Waals surface area contributed by atoms with Crippen molar-refractivity contribution in [3.63, 3.8) is 0 Å².